The van der Waals surface area contributed by atoms with Crippen LogP contribution in [0, 0.1) is 11.8 Å². The summed E-state index contributed by atoms with van der Waals surface area (Å²) in [7, 11) is 0. The van der Waals surface area contributed by atoms with E-state index < -0.39 is 0 Å². The van der Waals surface area contributed by atoms with Crippen molar-refractivity contribution < 1.29 is 0 Å². The maximum absolute atomic E-state index is 6.00. The number of nitrogens with two attached hydrogens (primary N) is 1. The van der Waals surface area contributed by atoms with Gasteiger partial charge >= 0.3 is 0 Å². The number of nitrogens with zero attached hydrogens (tertiary/aromatic N) is 1. The largest absolute Gasteiger partial charge is 0.397 e. The Labute approximate surface area is 127 Å². The van der Waals surface area contributed by atoms with Crippen LogP contribution in [-0.2, 0) is 0 Å². The van der Waals surface area contributed by atoms with E-state index in [1.165, 1.54) is 32.1 Å². The summed E-state index contributed by atoms with van der Waals surface area (Å²) in [4.78, 5) is 4.39. The van der Waals surface area contributed by atoms with E-state index in [1.54, 1.807) is 6.20 Å². The minimum absolute atomic E-state index is 0.750. The molecule has 112 valence electrons. The number of hydrogen-bond acceptors (Lipinski definition) is 3. The van der Waals surface area contributed by atoms with Crippen LogP contribution in [0.4, 0.5) is 11.4 Å². The molecule has 1 aromatic carbocycles. The lowest BCUT2D eigenvalue weighted by atomic mass is 9.81. The topological polar surface area (TPSA) is 50.9 Å². The smallest absolute Gasteiger partial charge is 0.0951 e. The maximum Gasteiger partial charge on any atom is 0.0951 e. The van der Waals surface area contributed by atoms with E-state index >= 15 is 0 Å². The van der Waals surface area contributed by atoms with Gasteiger partial charge in [0.25, 0.3) is 0 Å². The summed E-state index contributed by atoms with van der Waals surface area (Å²) in [6, 6.07) is 8.09. The summed E-state index contributed by atoms with van der Waals surface area (Å²) in [6.45, 7) is 3.38. The zero-order chi connectivity index (χ0) is 14.7. The van der Waals surface area contributed by atoms with Gasteiger partial charge in [0.2, 0.25) is 0 Å². The summed E-state index contributed by atoms with van der Waals surface area (Å²) in [5.41, 5.74) is 8.81. The number of rotatable bonds is 4. The molecule has 1 fully saturated rings. The molecule has 0 aliphatic heterocycles. The molecule has 0 atom stereocenters. The molecule has 3 nitrogen and oxygen atoms in total. The average Bonchev–Trinajstić information content (AvgIpc) is 2.55. The molecule has 3 rings (SSSR count). The van der Waals surface area contributed by atoms with Crippen LogP contribution in [0.3, 0.4) is 0 Å². The molecule has 0 bridgehead atoms. The molecule has 0 saturated heterocycles. The summed E-state index contributed by atoms with van der Waals surface area (Å²) >= 11 is 0. The molecule has 2 aromatic rings. The first-order valence-electron chi connectivity index (χ1n) is 8.15. The van der Waals surface area contributed by atoms with Gasteiger partial charge in [0.15, 0.2) is 0 Å². The molecular formula is C18H25N3. The number of pyridine rings is 1. The first kappa shape index (κ1) is 14.2. The van der Waals surface area contributed by atoms with E-state index in [9.17, 15) is 0 Å². The van der Waals surface area contributed by atoms with E-state index in [2.05, 4.69) is 29.4 Å². The Morgan fingerprint density at radius 2 is 1.90 bits per heavy atom. The lowest BCUT2D eigenvalue weighted by Gasteiger charge is -2.28. The number of aromatic nitrogens is 1. The predicted molar refractivity (Wildman–Crippen MR) is 90.4 cm³/mol. The van der Waals surface area contributed by atoms with Crippen LogP contribution in [0.1, 0.15) is 39.0 Å². The number of hydrogen-bond donors (Lipinski definition) is 2. The third-order valence-corrected chi connectivity index (χ3v) is 4.93. The van der Waals surface area contributed by atoms with Crippen molar-refractivity contribution in [2.45, 2.75) is 39.0 Å². The Balaban J connectivity index is 1.67. The summed E-state index contributed by atoms with van der Waals surface area (Å²) < 4.78 is 0. The van der Waals surface area contributed by atoms with E-state index in [4.69, 9.17) is 5.73 Å². The van der Waals surface area contributed by atoms with Crippen molar-refractivity contribution in [3.05, 3.63) is 30.5 Å². The van der Waals surface area contributed by atoms with Gasteiger partial charge in [0.05, 0.1) is 11.2 Å². The van der Waals surface area contributed by atoms with Crippen LogP contribution in [0.2, 0.25) is 0 Å². The van der Waals surface area contributed by atoms with Crippen molar-refractivity contribution in [1.29, 1.82) is 0 Å². The maximum atomic E-state index is 6.00. The second-order valence-corrected chi connectivity index (χ2v) is 6.28. The van der Waals surface area contributed by atoms with Crippen molar-refractivity contribution in [3.8, 4) is 0 Å². The zero-order valence-corrected chi connectivity index (χ0v) is 12.8. The van der Waals surface area contributed by atoms with Crippen molar-refractivity contribution >= 4 is 22.3 Å². The Bertz CT molecular complexity index is 600. The molecule has 1 heterocycles. The minimum Gasteiger partial charge on any atom is -0.397 e. The molecule has 3 N–H and O–H groups in total. The molecular weight excluding hydrogens is 258 g/mol. The number of anilines is 2. The monoisotopic (exact) mass is 283 g/mol. The Morgan fingerprint density at radius 3 is 2.67 bits per heavy atom. The molecule has 0 spiro atoms. The fraction of sp³-hybridized carbons (Fsp3) is 0.500. The molecule has 3 heteroatoms. The first-order valence-corrected chi connectivity index (χ1v) is 8.15. The second kappa shape index (κ2) is 6.33. The van der Waals surface area contributed by atoms with Crippen molar-refractivity contribution in [2.24, 2.45) is 11.8 Å². The summed E-state index contributed by atoms with van der Waals surface area (Å²) in [5, 5.41) is 4.75. The number of benzene rings is 1. The van der Waals surface area contributed by atoms with E-state index in [0.29, 0.717) is 0 Å². The van der Waals surface area contributed by atoms with Gasteiger partial charge in [-0.3, -0.25) is 4.98 Å². The lowest BCUT2D eigenvalue weighted by Crippen LogP contribution is -2.21. The quantitative estimate of drug-likeness (QED) is 0.815. The standard InChI is InChI=1S/C18H25N3/c1-2-13-5-7-14(8-6-13)12-21-17-10-9-16(19)18-15(17)4-3-11-20-18/h3-4,9-11,13-14,21H,2,5-8,12,19H2,1H3. The zero-order valence-electron chi connectivity index (χ0n) is 12.8. The predicted octanol–water partition coefficient (Wildman–Crippen LogP) is 4.45. The highest BCUT2D eigenvalue weighted by Crippen LogP contribution is 2.32. The van der Waals surface area contributed by atoms with E-state index in [-0.39, 0.29) is 0 Å². The van der Waals surface area contributed by atoms with Gasteiger partial charge in [-0.05, 0) is 48.9 Å². The number of nitrogen functional groups attached to an aromatic ring is 1. The van der Waals surface area contributed by atoms with Gasteiger partial charge in [-0.25, -0.2) is 0 Å². The molecule has 1 aromatic heterocycles. The van der Waals surface area contributed by atoms with Crippen LogP contribution in [0.25, 0.3) is 10.9 Å². The number of nitrogens with one attached hydrogen (secondary N) is 1. The van der Waals surface area contributed by atoms with Crippen LogP contribution in [-0.4, -0.2) is 11.5 Å². The highest BCUT2D eigenvalue weighted by Gasteiger charge is 2.19. The SMILES string of the molecule is CCC1CCC(CNc2ccc(N)c3ncccc23)CC1. The van der Waals surface area contributed by atoms with Crippen LogP contribution >= 0.6 is 0 Å². The molecule has 1 saturated carbocycles. The van der Waals surface area contributed by atoms with Gasteiger partial charge in [-0.1, -0.05) is 26.2 Å². The second-order valence-electron chi connectivity index (χ2n) is 6.28. The molecule has 21 heavy (non-hydrogen) atoms. The highest BCUT2D eigenvalue weighted by atomic mass is 14.9. The third kappa shape index (κ3) is 3.12. The molecule has 1 aliphatic carbocycles. The van der Waals surface area contributed by atoms with Crippen LogP contribution < -0.4 is 11.1 Å². The fourth-order valence-corrected chi connectivity index (χ4v) is 3.45. The lowest BCUT2D eigenvalue weighted by molar-refractivity contribution is 0.278. The van der Waals surface area contributed by atoms with Gasteiger partial charge < -0.3 is 11.1 Å². The van der Waals surface area contributed by atoms with E-state index in [1.807, 2.05) is 12.1 Å². The van der Waals surface area contributed by atoms with Gasteiger partial charge in [0.1, 0.15) is 0 Å². The summed E-state index contributed by atoms with van der Waals surface area (Å²) in [6.07, 6.45) is 8.65. The average molecular weight is 283 g/mol. The van der Waals surface area contributed by atoms with E-state index in [0.717, 1.165) is 40.7 Å². The molecule has 1 aliphatic rings. The Hall–Kier alpha value is -1.77. The number of fused-ring (bicyclic) bond motifs is 1. The molecule has 0 radical (unpaired) electrons. The van der Waals surface area contributed by atoms with Gasteiger partial charge in [-0.2, -0.15) is 0 Å². The fourth-order valence-electron chi connectivity index (χ4n) is 3.45. The molecule has 0 unspecified atom stereocenters. The van der Waals surface area contributed by atoms with Crippen molar-refractivity contribution in [3.63, 3.8) is 0 Å². The van der Waals surface area contributed by atoms with Crippen molar-refractivity contribution in [1.82, 2.24) is 4.98 Å². The normalized spacial score (nSPS) is 22.3. The van der Waals surface area contributed by atoms with Crippen LogP contribution in [0.15, 0.2) is 30.5 Å². The van der Waals surface area contributed by atoms with Crippen molar-refractivity contribution in [2.75, 3.05) is 17.6 Å². The first-order chi connectivity index (χ1) is 10.3. The highest BCUT2D eigenvalue weighted by molar-refractivity contribution is 5.98. The van der Waals surface area contributed by atoms with Gasteiger partial charge in [0, 0.05) is 23.8 Å². The molecule has 0 amide bonds. The Morgan fingerprint density at radius 1 is 1.14 bits per heavy atom. The third-order valence-electron chi connectivity index (χ3n) is 4.93. The minimum atomic E-state index is 0.750. The Kier molecular flexibility index (Phi) is 4.28. The van der Waals surface area contributed by atoms with Gasteiger partial charge in [-0.15, -0.1) is 0 Å². The van der Waals surface area contributed by atoms with Crippen LogP contribution in [0.5, 0.6) is 0 Å². The summed E-state index contributed by atoms with van der Waals surface area (Å²) in [5.74, 6) is 1.76.